The molecule has 1 fully saturated rings. The highest BCUT2D eigenvalue weighted by molar-refractivity contribution is 7.93. The van der Waals surface area contributed by atoms with Gasteiger partial charge in [0, 0.05) is 37.0 Å². The maximum Gasteiger partial charge on any atom is 0.250 e. The molecule has 11 heteroatoms. The van der Waals surface area contributed by atoms with Gasteiger partial charge in [-0.15, -0.1) is 0 Å². The van der Waals surface area contributed by atoms with Crippen LogP contribution >= 0.6 is 0 Å². The van der Waals surface area contributed by atoms with E-state index in [0.717, 1.165) is 48.3 Å². The first-order valence-corrected chi connectivity index (χ1v) is 14.8. The summed E-state index contributed by atoms with van der Waals surface area (Å²) in [5.41, 5.74) is 1.99. The fourth-order valence-corrected chi connectivity index (χ4v) is 5.62. The van der Waals surface area contributed by atoms with Crippen LogP contribution in [0.25, 0.3) is 28.2 Å². The molecule has 2 heterocycles. The number of hydrogen-bond acceptors (Lipinski definition) is 9. The Morgan fingerprint density at radius 1 is 1.05 bits per heavy atom. The highest BCUT2D eigenvalue weighted by Crippen LogP contribution is 2.30. The molecule has 4 atom stereocenters. The number of nitrogens with one attached hydrogen (secondary N) is 1. The number of allylic oxidation sites excluding steroid dienone is 1. The SMILES string of the molecule is CCCN(CCC)c1ccc2cc(-c3ccc(/C=C(\C#N)S(=O)(=O)NC[C@H]4OC[C@H](O)[C@@H](O)[C@@H]4O)o3)ccc2c1. The number of furan rings is 1. The molecule has 2 aromatic carbocycles. The molecule has 4 rings (SSSR count). The summed E-state index contributed by atoms with van der Waals surface area (Å²) in [6, 6.07) is 17.3. The number of nitrogens with zero attached hydrogens (tertiary/aromatic N) is 2. The molecule has 3 aromatic rings. The molecule has 1 saturated heterocycles. The van der Waals surface area contributed by atoms with Gasteiger partial charge in [0.15, 0.2) is 4.91 Å². The predicted molar refractivity (Wildman–Crippen MR) is 153 cm³/mol. The minimum absolute atomic E-state index is 0.176. The second kappa shape index (κ2) is 13.0. The lowest BCUT2D eigenvalue weighted by molar-refractivity contribution is -0.184. The summed E-state index contributed by atoms with van der Waals surface area (Å²) >= 11 is 0. The first kappa shape index (κ1) is 29.7. The number of benzene rings is 2. The molecule has 0 bridgehead atoms. The molecule has 4 N–H and O–H groups in total. The molecule has 0 radical (unpaired) electrons. The summed E-state index contributed by atoms with van der Waals surface area (Å²) in [4.78, 5) is 1.79. The topological polar surface area (TPSA) is 156 Å². The molecule has 10 nitrogen and oxygen atoms in total. The third kappa shape index (κ3) is 6.72. The standard InChI is InChI=1S/C29H35N3O7S/c1-3-11-32(12-4-2)22-8-7-19-13-21(6-5-20(19)14-22)26-10-9-23(39-26)15-24(16-30)40(36,37)31-17-27-29(35)28(34)25(33)18-38-27/h5-10,13-15,25,27-29,31,33-35H,3-4,11-12,17-18H2,1-2H3/b24-15+/t25-,27+,28+,29+/m0/s1. The summed E-state index contributed by atoms with van der Waals surface area (Å²) in [6.45, 7) is 5.69. The van der Waals surface area contributed by atoms with Crippen LogP contribution in [0.1, 0.15) is 32.4 Å². The Kier molecular flexibility index (Phi) is 9.63. The van der Waals surface area contributed by atoms with Gasteiger partial charge in [-0.25, -0.2) is 13.1 Å². The molecule has 40 heavy (non-hydrogen) atoms. The van der Waals surface area contributed by atoms with Crippen molar-refractivity contribution in [2.45, 2.75) is 51.1 Å². The zero-order valence-corrected chi connectivity index (χ0v) is 23.3. The van der Waals surface area contributed by atoms with Crippen LogP contribution in [0.3, 0.4) is 0 Å². The lowest BCUT2D eigenvalue weighted by atomic mass is 10.0. The van der Waals surface area contributed by atoms with Crippen LogP contribution in [0, 0.1) is 11.3 Å². The van der Waals surface area contributed by atoms with Crippen molar-refractivity contribution < 1.29 is 32.9 Å². The average Bonchev–Trinajstić information content (AvgIpc) is 3.42. The summed E-state index contributed by atoms with van der Waals surface area (Å²) in [5.74, 6) is 0.694. The van der Waals surface area contributed by atoms with Gasteiger partial charge in [0.05, 0.1) is 12.7 Å². The second-order valence-corrected chi connectivity index (χ2v) is 11.6. The molecular weight excluding hydrogens is 534 g/mol. The third-order valence-corrected chi connectivity index (χ3v) is 8.18. The lowest BCUT2D eigenvalue weighted by Gasteiger charge is -2.35. The maximum atomic E-state index is 12.7. The summed E-state index contributed by atoms with van der Waals surface area (Å²) in [5, 5.41) is 41.0. The lowest BCUT2D eigenvalue weighted by Crippen LogP contribution is -2.56. The fraction of sp³-hybridized carbons (Fsp3) is 0.414. The normalized spacial score (nSPS) is 21.9. The van der Waals surface area contributed by atoms with Crippen molar-refractivity contribution in [3.63, 3.8) is 0 Å². The molecule has 0 spiro atoms. The Labute approximate surface area is 234 Å². The van der Waals surface area contributed by atoms with Crippen LogP contribution in [-0.2, 0) is 14.8 Å². The molecule has 214 valence electrons. The van der Waals surface area contributed by atoms with Gasteiger partial charge >= 0.3 is 0 Å². The Bertz CT molecular complexity index is 1490. The van der Waals surface area contributed by atoms with Crippen molar-refractivity contribution in [1.82, 2.24) is 4.72 Å². The van der Waals surface area contributed by atoms with Gasteiger partial charge in [-0.2, -0.15) is 5.26 Å². The highest BCUT2D eigenvalue weighted by Gasteiger charge is 2.38. The second-order valence-electron chi connectivity index (χ2n) is 9.83. The maximum absolute atomic E-state index is 12.7. The Morgan fingerprint density at radius 3 is 2.45 bits per heavy atom. The first-order chi connectivity index (χ1) is 19.2. The largest absolute Gasteiger partial charge is 0.457 e. The Morgan fingerprint density at radius 2 is 1.75 bits per heavy atom. The zero-order valence-electron chi connectivity index (χ0n) is 22.5. The number of aliphatic hydroxyl groups excluding tert-OH is 3. The first-order valence-electron chi connectivity index (χ1n) is 13.3. The monoisotopic (exact) mass is 569 g/mol. The number of sulfonamides is 1. The quantitative estimate of drug-likeness (QED) is 0.255. The van der Waals surface area contributed by atoms with Crippen LogP contribution in [0.4, 0.5) is 5.69 Å². The highest BCUT2D eigenvalue weighted by atomic mass is 32.2. The van der Waals surface area contributed by atoms with E-state index in [2.05, 4.69) is 41.7 Å². The van der Waals surface area contributed by atoms with E-state index in [-0.39, 0.29) is 12.4 Å². The van der Waals surface area contributed by atoms with Crippen molar-refractivity contribution in [2.75, 3.05) is 31.1 Å². The van der Waals surface area contributed by atoms with Gasteiger partial charge in [0.1, 0.15) is 35.9 Å². The average molecular weight is 570 g/mol. The molecular formula is C29H35N3O7S. The number of hydrogen-bond donors (Lipinski definition) is 4. The van der Waals surface area contributed by atoms with Crippen LogP contribution < -0.4 is 9.62 Å². The van der Waals surface area contributed by atoms with Crippen molar-refractivity contribution >= 4 is 32.6 Å². The molecule has 1 aromatic heterocycles. The molecule has 1 aliphatic heterocycles. The third-order valence-electron chi connectivity index (χ3n) is 6.84. The van der Waals surface area contributed by atoms with E-state index in [1.807, 2.05) is 18.2 Å². The molecule has 0 saturated carbocycles. The number of anilines is 1. The number of rotatable bonds is 11. The van der Waals surface area contributed by atoms with Gasteiger partial charge < -0.3 is 29.4 Å². The van der Waals surface area contributed by atoms with E-state index in [1.165, 1.54) is 5.69 Å². The molecule has 0 amide bonds. The fourth-order valence-electron chi connectivity index (χ4n) is 4.69. The van der Waals surface area contributed by atoms with E-state index >= 15 is 0 Å². The minimum Gasteiger partial charge on any atom is -0.457 e. The zero-order chi connectivity index (χ0) is 28.9. The number of nitriles is 1. The van der Waals surface area contributed by atoms with Crippen molar-refractivity contribution in [2.24, 2.45) is 0 Å². The van der Waals surface area contributed by atoms with Crippen molar-refractivity contribution in [3.05, 3.63) is 59.2 Å². The van der Waals surface area contributed by atoms with E-state index in [4.69, 9.17) is 9.15 Å². The molecule has 0 unspecified atom stereocenters. The van der Waals surface area contributed by atoms with Crippen LogP contribution in [0.2, 0.25) is 0 Å². The van der Waals surface area contributed by atoms with Crippen LogP contribution in [0.15, 0.2) is 57.9 Å². The van der Waals surface area contributed by atoms with Gasteiger partial charge in [-0.05, 0) is 53.9 Å². The van der Waals surface area contributed by atoms with Crippen LogP contribution in [-0.4, -0.2) is 74.4 Å². The van der Waals surface area contributed by atoms with Gasteiger partial charge in [0.25, 0.3) is 10.0 Å². The van der Waals surface area contributed by atoms with E-state index in [1.54, 1.807) is 18.2 Å². The summed E-state index contributed by atoms with van der Waals surface area (Å²) in [7, 11) is -4.28. The number of aliphatic hydroxyl groups is 3. The van der Waals surface area contributed by atoms with E-state index in [9.17, 15) is 29.0 Å². The van der Waals surface area contributed by atoms with Gasteiger partial charge in [-0.1, -0.05) is 32.0 Å². The van der Waals surface area contributed by atoms with Crippen LogP contribution in [0.5, 0.6) is 0 Å². The molecule has 1 aliphatic rings. The smallest absolute Gasteiger partial charge is 0.250 e. The van der Waals surface area contributed by atoms with Gasteiger partial charge in [0.2, 0.25) is 0 Å². The number of fused-ring (bicyclic) bond motifs is 1. The Hall–Kier alpha value is -3.24. The van der Waals surface area contributed by atoms with E-state index < -0.39 is 45.9 Å². The minimum atomic E-state index is -4.28. The van der Waals surface area contributed by atoms with Crippen molar-refractivity contribution in [1.29, 1.82) is 5.26 Å². The summed E-state index contributed by atoms with van der Waals surface area (Å²) in [6.07, 6.45) is -2.06. The Balaban J connectivity index is 1.49. The number of ether oxygens (including phenoxy) is 1. The van der Waals surface area contributed by atoms with Gasteiger partial charge in [-0.3, -0.25) is 0 Å². The van der Waals surface area contributed by atoms with E-state index in [0.29, 0.717) is 5.76 Å². The summed E-state index contributed by atoms with van der Waals surface area (Å²) < 4.78 is 38.8. The molecule has 0 aliphatic carbocycles. The predicted octanol–water partition coefficient (Wildman–Crippen LogP) is 2.99. The van der Waals surface area contributed by atoms with Crippen molar-refractivity contribution in [3.8, 4) is 17.4 Å².